The molecule has 0 spiro atoms. The quantitative estimate of drug-likeness (QED) is 0.282. The lowest BCUT2D eigenvalue weighted by atomic mass is 10.2. The number of para-hydroxylation sites is 1. The normalized spacial score (nSPS) is 10.8. The summed E-state index contributed by atoms with van der Waals surface area (Å²) in [6.07, 6.45) is 3.06. The van der Waals surface area contributed by atoms with Crippen LogP contribution in [0.5, 0.6) is 28.7 Å². The summed E-state index contributed by atoms with van der Waals surface area (Å²) in [5.74, 6) is 1.10. The van der Waals surface area contributed by atoms with E-state index in [4.69, 9.17) is 18.9 Å². The number of carbonyl (C=O) groups excluding carboxylic acids is 2. The van der Waals surface area contributed by atoms with Crippen LogP contribution < -0.4 is 29.6 Å². The lowest BCUT2D eigenvalue weighted by Gasteiger charge is -2.14. The number of urea groups is 1. The van der Waals surface area contributed by atoms with E-state index in [0.717, 1.165) is 0 Å². The molecular formula is C28H24FN5O6. The summed E-state index contributed by atoms with van der Waals surface area (Å²) < 4.78 is 37.6. The predicted octanol–water partition coefficient (Wildman–Crippen LogP) is 4.89. The third-order valence-corrected chi connectivity index (χ3v) is 6.01. The Labute approximate surface area is 227 Å². The van der Waals surface area contributed by atoms with Crippen molar-refractivity contribution in [1.29, 1.82) is 0 Å². The highest BCUT2D eigenvalue weighted by molar-refractivity contribution is 6.02. The van der Waals surface area contributed by atoms with Gasteiger partial charge in [-0.3, -0.25) is 19.8 Å². The van der Waals surface area contributed by atoms with Crippen LogP contribution in [0, 0.1) is 5.82 Å². The maximum absolute atomic E-state index is 14.2. The summed E-state index contributed by atoms with van der Waals surface area (Å²) in [5, 5.41) is 10.1. The minimum Gasteiger partial charge on any atom is -0.494 e. The van der Waals surface area contributed by atoms with Crippen molar-refractivity contribution < 1.29 is 32.9 Å². The highest BCUT2D eigenvalue weighted by atomic mass is 19.1. The van der Waals surface area contributed by atoms with Gasteiger partial charge in [0.15, 0.2) is 11.5 Å². The van der Waals surface area contributed by atoms with Crippen LogP contribution in [0.2, 0.25) is 0 Å². The number of rotatable bonds is 8. The second kappa shape index (κ2) is 11.2. The van der Waals surface area contributed by atoms with Crippen molar-refractivity contribution in [2.75, 3.05) is 26.6 Å². The van der Waals surface area contributed by atoms with Crippen molar-refractivity contribution in [1.82, 2.24) is 20.1 Å². The molecule has 2 aromatic heterocycles. The molecule has 0 radical (unpaired) electrons. The van der Waals surface area contributed by atoms with Crippen LogP contribution in [0.4, 0.5) is 14.9 Å². The Morgan fingerprint density at radius 2 is 1.70 bits per heavy atom. The molecule has 5 aromatic rings. The Balaban J connectivity index is 1.29. The lowest BCUT2D eigenvalue weighted by molar-refractivity contribution is -0.120. The maximum Gasteiger partial charge on any atom is 0.326 e. The van der Waals surface area contributed by atoms with Crippen LogP contribution in [-0.2, 0) is 11.3 Å². The number of fused-ring (bicyclic) bond motifs is 2. The van der Waals surface area contributed by atoms with Gasteiger partial charge in [0.2, 0.25) is 5.91 Å². The summed E-state index contributed by atoms with van der Waals surface area (Å²) >= 11 is 0. The van der Waals surface area contributed by atoms with Crippen LogP contribution in [0.15, 0.2) is 67.0 Å². The van der Waals surface area contributed by atoms with E-state index in [1.165, 1.54) is 24.1 Å². The molecule has 3 aromatic carbocycles. The molecule has 40 heavy (non-hydrogen) atoms. The van der Waals surface area contributed by atoms with E-state index in [1.54, 1.807) is 68.9 Å². The number of hydrogen-bond donors (Lipinski definition) is 2. The summed E-state index contributed by atoms with van der Waals surface area (Å²) in [4.78, 5) is 29.3. The monoisotopic (exact) mass is 545 g/mol. The molecule has 0 unspecified atom stereocenters. The highest BCUT2D eigenvalue weighted by Crippen LogP contribution is 2.38. The van der Waals surface area contributed by atoms with Gasteiger partial charge < -0.3 is 24.3 Å². The molecule has 204 valence electrons. The fraction of sp³-hybridized carbons (Fsp3) is 0.143. The standard InChI is InChI=1S/C28H24FN5O6/c1-37-23-11-17(40-22-9-10-30-21-13-25(39-3)24(38-2)12-18(21)22)7-8-20(23)32-28(36)33-26(35)15-34-27-16(14-31-34)5-4-6-19(27)29/h4-14H,15H2,1-3H3,(H2,32,33,35,36). The highest BCUT2D eigenvalue weighted by Gasteiger charge is 2.16. The van der Waals surface area contributed by atoms with Crippen molar-refractivity contribution in [3.63, 3.8) is 0 Å². The number of carbonyl (C=O) groups is 2. The number of aromatic nitrogens is 3. The number of nitrogens with one attached hydrogen (secondary N) is 2. The SMILES string of the molecule is COc1cc(Oc2ccnc3cc(OC)c(OC)cc23)ccc1NC(=O)NC(=O)Cn1ncc2cccc(F)c21. The van der Waals surface area contributed by atoms with Gasteiger partial charge in [-0.25, -0.2) is 9.18 Å². The fourth-order valence-electron chi connectivity index (χ4n) is 4.18. The summed E-state index contributed by atoms with van der Waals surface area (Å²) in [7, 11) is 4.52. The van der Waals surface area contributed by atoms with Gasteiger partial charge in [-0.05, 0) is 30.3 Å². The molecule has 0 aliphatic carbocycles. The Hall–Kier alpha value is -5.39. The van der Waals surface area contributed by atoms with Gasteiger partial charge in [0.25, 0.3) is 0 Å². The number of pyridine rings is 1. The number of amides is 3. The van der Waals surface area contributed by atoms with Gasteiger partial charge in [-0.15, -0.1) is 0 Å². The van der Waals surface area contributed by atoms with E-state index in [0.29, 0.717) is 45.0 Å². The van der Waals surface area contributed by atoms with E-state index >= 15 is 0 Å². The lowest BCUT2D eigenvalue weighted by Crippen LogP contribution is -2.36. The third-order valence-electron chi connectivity index (χ3n) is 6.01. The van der Waals surface area contributed by atoms with Crippen LogP contribution in [-0.4, -0.2) is 48.0 Å². The first-order valence-corrected chi connectivity index (χ1v) is 12.0. The molecule has 0 aliphatic rings. The molecule has 0 fully saturated rings. The predicted molar refractivity (Wildman–Crippen MR) is 145 cm³/mol. The van der Waals surface area contributed by atoms with Gasteiger partial charge in [0.05, 0.1) is 38.7 Å². The molecule has 12 heteroatoms. The first kappa shape index (κ1) is 26.2. The Morgan fingerprint density at radius 1 is 0.925 bits per heavy atom. The summed E-state index contributed by atoms with van der Waals surface area (Å²) in [6, 6.07) is 13.7. The maximum atomic E-state index is 14.2. The van der Waals surface area contributed by atoms with Crippen molar-refractivity contribution in [2.45, 2.75) is 6.54 Å². The first-order valence-electron chi connectivity index (χ1n) is 12.0. The van der Waals surface area contributed by atoms with E-state index in [-0.39, 0.29) is 17.8 Å². The van der Waals surface area contributed by atoms with Gasteiger partial charge in [-0.2, -0.15) is 5.10 Å². The van der Waals surface area contributed by atoms with Crippen LogP contribution in [0.1, 0.15) is 0 Å². The smallest absolute Gasteiger partial charge is 0.326 e. The topological polar surface area (TPSA) is 126 Å². The zero-order valence-electron chi connectivity index (χ0n) is 21.7. The summed E-state index contributed by atoms with van der Waals surface area (Å²) in [5.41, 5.74) is 1.11. The van der Waals surface area contributed by atoms with E-state index in [1.807, 2.05) is 0 Å². The number of imide groups is 1. The van der Waals surface area contributed by atoms with Crippen molar-refractivity contribution in [3.05, 3.63) is 72.8 Å². The Kier molecular flexibility index (Phi) is 7.31. The van der Waals surface area contributed by atoms with Crippen LogP contribution in [0.25, 0.3) is 21.8 Å². The molecule has 0 saturated carbocycles. The number of hydrogen-bond acceptors (Lipinski definition) is 8. The minimum absolute atomic E-state index is 0.176. The van der Waals surface area contributed by atoms with Crippen molar-refractivity contribution >= 4 is 39.4 Å². The number of anilines is 1. The fourth-order valence-corrected chi connectivity index (χ4v) is 4.18. The van der Waals surface area contributed by atoms with Gasteiger partial charge >= 0.3 is 6.03 Å². The minimum atomic E-state index is -0.796. The molecule has 0 aliphatic heterocycles. The third kappa shape index (κ3) is 5.27. The molecule has 11 nitrogen and oxygen atoms in total. The van der Waals surface area contributed by atoms with Crippen LogP contribution in [0.3, 0.4) is 0 Å². The zero-order valence-corrected chi connectivity index (χ0v) is 21.7. The molecule has 0 atom stereocenters. The molecule has 5 rings (SSSR count). The number of ether oxygens (including phenoxy) is 4. The number of benzene rings is 3. The molecule has 0 saturated heterocycles. The largest absolute Gasteiger partial charge is 0.494 e. The molecule has 3 amide bonds. The van der Waals surface area contributed by atoms with Crippen molar-refractivity contribution in [3.8, 4) is 28.7 Å². The van der Waals surface area contributed by atoms with Gasteiger partial charge in [0, 0.05) is 29.1 Å². The molecule has 2 heterocycles. The van der Waals surface area contributed by atoms with E-state index in [9.17, 15) is 14.0 Å². The van der Waals surface area contributed by atoms with Gasteiger partial charge in [0.1, 0.15) is 35.1 Å². The number of nitrogens with zero attached hydrogens (tertiary/aromatic N) is 3. The first-order chi connectivity index (χ1) is 19.4. The molecule has 0 bridgehead atoms. The average Bonchev–Trinajstić information content (AvgIpc) is 3.36. The number of halogens is 1. The van der Waals surface area contributed by atoms with Crippen molar-refractivity contribution in [2.24, 2.45) is 0 Å². The Bertz CT molecular complexity index is 1740. The van der Waals surface area contributed by atoms with E-state index in [2.05, 4.69) is 20.7 Å². The average molecular weight is 546 g/mol. The van der Waals surface area contributed by atoms with E-state index < -0.39 is 17.8 Å². The molecular weight excluding hydrogens is 521 g/mol. The number of methoxy groups -OCH3 is 3. The second-order valence-corrected chi connectivity index (χ2v) is 8.48. The van der Waals surface area contributed by atoms with Crippen LogP contribution >= 0.6 is 0 Å². The summed E-state index contributed by atoms with van der Waals surface area (Å²) in [6.45, 7) is -0.349. The van der Waals surface area contributed by atoms with Gasteiger partial charge in [-0.1, -0.05) is 12.1 Å². The second-order valence-electron chi connectivity index (χ2n) is 8.48. The zero-order chi connectivity index (χ0) is 28.2. The Morgan fingerprint density at radius 3 is 2.48 bits per heavy atom. The molecule has 2 N–H and O–H groups in total.